The van der Waals surface area contributed by atoms with Crippen molar-refractivity contribution in [3.8, 4) is 0 Å². The smallest absolute Gasteiger partial charge is 0.330 e. The van der Waals surface area contributed by atoms with Gasteiger partial charge in [0.25, 0.3) is 0 Å². The van der Waals surface area contributed by atoms with Gasteiger partial charge in [0.1, 0.15) is 0 Å². The van der Waals surface area contributed by atoms with E-state index < -0.39 is 5.97 Å². The molecule has 0 atom stereocenters. The lowest BCUT2D eigenvalue weighted by Gasteiger charge is -1.91. The third-order valence-corrected chi connectivity index (χ3v) is 3.44. The summed E-state index contributed by atoms with van der Waals surface area (Å²) in [5.41, 5.74) is 3.98. The molecule has 29 heavy (non-hydrogen) atoms. The summed E-state index contributed by atoms with van der Waals surface area (Å²) in [6, 6.07) is 0. The second-order valence-electron chi connectivity index (χ2n) is 6.27. The summed E-state index contributed by atoms with van der Waals surface area (Å²) in [5, 5.41) is 8.58. The van der Waals surface area contributed by atoms with Gasteiger partial charge in [0, 0.05) is 12.2 Å². The normalized spacial score (nSPS) is 14.9. The van der Waals surface area contributed by atoms with Crippen LogP contribution in [0.1, 0.15) is 27.7 Å². The summed E-state index contributed by atoms with van der Waals surface area (Å²) >= 11 is 0. The number of carbonyl (C=O) groups is 2. The van der Waals surface area contributed by atoms with Crippen LogP contribution in [0.25, 0.3) is 0 Å². The first kappa shape index (κ1) is 25.6. The maximum absolute atomic E-state index is 11.0. The molecule has 0 rings (SSSR count). The Hall–Kier alpha value is -3.40. The van der Waals surface area contributed by atoms with Gasteiger partial charge in [-0.2, -0.15) is 0 Å². The minimum atomic E-state index is -0.956. The number of ether oxygens (including phenoxy) is 1. The number of allylic oxidation sites excluding steroid dienone is 16. The van der Waals surface area contributed by atoms with Crippen LogP contribution in [0.3, 0.4) is 0 Å². The molecule has 4 heteroatoms. The van der Waals surface area contributed by atoms with Crippen LogP contribution in [0, 0.1) is 0 Å². The highest BCUT2D eigenvalue weighted by Crippen LogP contribution is 2.02. The number of esters is 1. The van der Waals surface area contributed by atoms with E-state index in [-0.39, 0.29) is 5.97 Å². The van der Waals surface area contributed by atoms with Crippen molar-refractivity contribution in [2.75, 3.05) is 7.11 Å². The highest BCUT2D eigenvalue weighted by Gasteiger charge is 1.89. The number of carboxylic acid groups (broad SMARTS) is 1. The van der Waals surface area contributed by atoms with Crippen molar-refractivity contribution in [3.05, 3.63) is 107 Å². The third-order valence-electron chi connectivity index (χ3n) is 3.44. The van der Waals surface area contributed by atoms with E-state index >= 15 is 0 Å². The van der Waals surface area contributed by atoms with E-state index in [0.29, 0.717) is 0 Å². The van der Waals surface area contributed by atoms with Gasteiger partial charge in [-0.3, -0.25) is 0 Å². The van der Waals surface area contributed by atoms with Crippen molar-refractivity contribution in [1.82, 2.24) is 0 Å². The predicted molar refractivity (Wildman–Crippen MR) is 120 cm³/mol. The van der Waals surface area contributed by atoms with Crippen molar-refractivity contribution >= 4 is 11.9 Å². The van der Waals surface area contributed by atoms with Crippen LogP contribution in [0.4, 0.5) is 0 Å². The summed E-state index contributed by atoms with van der Waals surface area (Å²) in [6.45, 7) is 7.74. The Labute approximate surface area is 174 Å². The summed E-state index contributed by atoms with van der Waals surface area (Å²) in [5.74, 6) is -1.33. The molecule has 0 aromatic carbocycles. The highest BCUT2D eigenvalue weighted by molar-refractivity contribution is 5.82. The first-order valence-corrected chi connectivity index (χ1v) is 9.13. The first-order chi connectivity index (χ1) is 13.7. The fourth-order valence-electron chi connectivity index (χ4n) is 1.81. The van der Waals surface area contributed by atoms with Crippen molar-refractivity contribution in [1.29, 1.82) is 0 Å². The van der Waals surface area contributed by atoms with Crippen LogP contribution < -0.4 is 0 Å². The monoisotopic (exact) mass is 394 g/mol. The van der Waals surface area contributed by atoms with Crippen LogP contribution in [0.15, 0.2) is 107 Å². The Morgan fingerprint density at radius 3 is 1.38 bits per heavy atom. The molecule has 0 fully saturated rings. The fourth-order valence-corrected chi connectivity index (χ4v) is 1.81. The molecule has 0 aliphatic heterocycles. The van der Waals surface area contributed by atoms with E-state index in [2.05, 4.69) is 4.74 Å². The van der Waals surface area contributed by atoms with E-state index in [4.69, 9.17) is 5.11 Å². The summed E-state index contributed by atoms with van der Waals surface area (Å²) < 4.78 is 4.54. The highest BCUT2D eigenvalue weighted by atomic mass is 16.5. The maximum atomic E-state index is 11.0. The van der Waals surface area contributed by atoms with Gasteiger partial charge in [-0.1, -0.05) is 95.2 Å². The molecule has 0 bridgehead atoms. The second kappa shape index (κ2) is 15.6. The summed E-state index contributed by atoms with van der Waals surface area (Å²) in [4.78, 5) is 21.5. The van der Waals surface area contributed by atoms with E-state index in [1.807, 2.05) is 88.5 Å². The Balaban J connectivity index is 4.67. The van der Waals surface area contributed by atoms with E-state index in [1.54, 1.807) is 12.2 Å². The predicted octanol–water partition coefficient (Wildman–Crippen LogP) is 5.81. The number of carbonyl (C=O) groups excluding carboxylic acids is 1. The van der Waals surface area contributed by atoms with Crippen LogP contribution in [-0.4, -0.2) is 24.2 Å². The molecule has 0 aliphatic rings. The Morgan fingerprint density at radius 2 is 0.966 bits per heavy atom. The molecule has 0 heterocycles. The van der Waals surface area contributed by atoms with E-state index in [0.717, 1.165) is 28.4 Å². The first-order valence-electron chi connectivity index (χ1n) is 9.13. The molecule has 0 saturated heterocycles. The third kappa shape index (κ3) is 16.5. The van der Waals surface area contributed by atoms with Crippen molar-refractivity contribution in [3.63, 3.8) is 0 Å². The van der Waals surface area contributed by atoms with Crippen molar-refractivity contribution in [2.24, 2.45) is 0 Å². The molecule has 0 saturated carbocycles. The second-order valence-corrected chi connectivity index (χ2v) is 6.27. The minimum Gasteiger partial charge on any atom is -0.478 e. The fraction of sp³-hybridized carbons (Fsp3) is 0.200. The minimum absolute atomic E-state index is 0.373. The van der Waals surface area contributed by atoms with Gasteiger partial charge in [0.15, 0.2) is 0 Å². The molecular weight excluding hydrogens is 364 g/mol. The standard InChI is InChI=1S/C25H30O4/c1-20(12-8-14-22(3)16-18-24(26)27)10-6-7-11-21(2)13-9-15-23(4)17-19-25(28)29-5/h6-19H,1-5H3,(H,26,27)/b7-6-,12-8-,13-9-,18-16-,19-17-,20-10+,21-11+,22-14+,23-15+. The maximum Gasteiger partial charge on any atom is 0.330 e. The van der Waals surface area contributed by atoms with Gasteiger partial charge in [0.05, 0.1) is 7.11 Å². The Bertz CT molecular complexity index is 823. The van der Waals surface area contributed by atoms with E-state index in [9.17, 15) is 9.59 Å². The molecule has 1 N–H and O–H groups in total. The number of aliphatic carboxylic acids is 1. The number of hydrogen-bond acceptors (Lipinski definition) is 3. The molecule has 0 aromatic heterocycles. The van der Waals surface area contributed by atoms with Crippen molar-refractivity contribution in [2.45, 2.75) is 27.7 Å². The lowest BCUT2D eigenvalue weighted by atomic mass is 10.2. The SMILES string of the molecule is COC(=O)\C=C/C(C)=C/C=C\C(C)=C\C=C/C=C(C)/C=C\C=C(C)\C=C/C(=O)O. The Kier molecular flexibility index (Phi) is 13.8. The molecule has 0 aromatic rings. The molecule has 154 valence electrons. The largest absolute Gasteiger partial charge is 0.478 e. The zero-order chi connectivity index (χ0) is 22.1. The van der Waals surface area contributed by atoms with Crippen LogP contribution in [-0.2, 0) is 14.3 Å². The van der Waals surface area contributed by atoms with Crippen LogP contribution >= 0.6 is 0 Å². The molecule has 0 radical (unpaired) electrons. The summed E-state index contributed by atoms with van der Waals surface area (Å²) in [6.07, 6.45) is 25.2. The number of methoxy groups -OCH3 is 1. The topological polar surface area (TPSA) is 63.6 Å². The number of hydrogen-bond donors (Lipinski definition) is 1. The zero-order valence-corrected chi connectivity index (χ0v) is 17.8. The van der Waals surface area contributed by atoms with E-state index in [1.165, 1.54) is 13.2 Å². The van der Waals surface area contributed by atoms with Gasteiger partial charge in [-0.05, 0) is 27.7 Å². The van der Waals surface area contributed by atoms with Crippen LogP contribution in [0.2, 0.25) is 0 Å². The van der Waals surface area contributed by atoms with Gasteiger partial charge in [-0.25, -0.2) is 9.59 Å². The Morgan fingerprint density at radius 1 is 0.586 bits per heavy atom. The van der Waals surface area contributed by atoms with Gasteiger partial charge in [-0.15, -0.1) is 0 Å². The molecule has 0 unspecified atom stereocenters. The number of rotatable bonds is 10. The molecular formula is C25H30O4. The molecule has 4 nitrogen and oxygen atoms in total. The average Bonchev–Trinajstić information content (AvgIpc) is 2.67. The van der Waals surface area contributed by atoms with Gasteiger partial charge in [0.2, 0.25) is 0 Å². The molecule has 0 amide bonds. The van der Waals surface area contributed by atoms with Crippen molar-refractivity contribution < 1.29 is 19.4 Å². The van der Waals surface area contributed by atoms with Gasteiger partial charge >= 0.3 is 11.9 Å². The average molecular weight is 395 g/mol. The quantitative estimate of drug-likeness (QED) is 0.288. The zero-order valence-electron chi connectivity index (χ0n) is 17.8. The molecule has 0 aliphatic carbocycles. The summed E-state index contributed by atoms with van der Waals surface area (Å²) in [7, 11) is 1.35. The lowest BCUT2D eigenvalue weighted by Crippen LogP contribution is -1.93. The number of carboxylic acids is 1. The van der Waals surface area contributed by atoms with Crippen LogP contribution in [0.5, 0.6) is 0 Å². The van der Waals surface area contributed by atoms with Gasteiger partial charge < -0.3 is 9.84 Å². The molecule has 0 spiro atoms. The lowest BCUT2D eigenvalue weighted by molar-refractivity contribution is -0.135.